The Kier molecular flexibility index (Phi) is 6.54. The maximum absolute atomic E-state index is 6.15. The number of hydrogen-bond donors (Lipinski definition) is 1. The van der Waals surface area contributed by atoms with Crippen LogP contribution >= 0.6 is 27.5 Å². The summed E-state index contributed by atoms with van der Waals surface area (Å²) in [6, 6.07) is 7.38. The number of hydrogen-bond acceptors (Lipinski definition) is 2. The van der Waals surface area contributed by atoms with E-state index < -0.39 is 0 Å². The summed E-state index contributed by atoms with van der Waals surface area (Å²) in [4.78, 5) is 2.51. The highest BCUT2D eigenvalue weighted by Gasteiger charge is 2.29. The molecule has 1 aliphatic heterocycles. The first kappa shape index (κ1) is 17.3. The highest BCUT2D eigenvalue weighted by Crippen LogP contribution is 2.36. The SMILES string of the molecule is CC(C)NCC1CCCCN(C)C1c1ccc(Cl)c(Br)c1. The van der Waals surface area contributed by atoms with E-state index in [1.54, 1.807) is 0 Å². The first-order valence-corrected chi connectivity index (χ1v) is 9.04. The molecule has 1 saturated heterocycles. The van der Waals surface area contributed by atoms with E-state index in [1.807, 2.05) is 6.07 Å². The van der Waals surface area contributed by atoms with Gasteiger partial charge in [-0.25, -0.2) is 0 Å². The van der Waals surface area contributed by atoms with E-state index in [2.05, 4.69) is 59.2 Å². The molecular weight excluding hydrogens is 348 g/mol. The Hall–Kier alpha value is -0.0900. The third-order valence-electron chi connectivity index (χ3n) is 4.33. The number of nitrogens with one attached hydrogen (secondary N) is 1. The maximum Gasteiger partial charge on any atom is 0.0548 e. The quantitative estimate of drug-likeness (QED) is 0.809. The number of nitrogens with zero attached hydrogens (tertiary/aromatic N) is 1. The Bertz CT molecular complexity index is 464. The fourth-order valence-corrected chi connectivity index (χ4v) is 3.76. The minimum Gasteiger partial charge on any atom is -0.314 e. The van der Waals surface area contributed by atoms with Crippen molar-refractivity contribution in [1.82, 2.24) is 10.2 Å². The lowest BCUT2D eigenvalue weighted by Crippen LogP contribution is -2.37. The van der Waals surface area contributed by atoms with Crippen molar-refractivity contribution in [1.29, 1.82) is 0 Å². The average molecular weight is 374 g/mol. The van der Waals surface area contributed by atoms with Gasteiger partial charge < -0.3 is 5.32 Å². The average Bonchev–Trinajstić information content (AvgIpc) is 2.61. The summed E-state index contributed by atoms with van der Waals surface area (Å²) in [5.41, 5.74) is 1.37. The van der Waals surface area contributed by atoms with Crippen molar-refractivity contribution in [3.05, 3.63) is 33.3 Å². The third-order valence-corrected chi connectivity index (χ3v) is 5.54. The van der Waals surface area contributed by atoms with Crippen molar-refractivity contribution >= 4 is 27.5 Å². The van der Waals surface area contributed by atoms with Gasteiger partial charge in [-0.3, -0.25) is 4.90 Å². The molecule has 1 fully saturated rings. The molecule has 2 nitrogen and oxygen atoms in total. The molecule has 1 aromatic rings. The van der Waals surface area contributed by atoms with Crippen LogP contribution in [0.3, 0.4) is 0 Å². The van der Waals surface area contributed by atoms with Gasteiger partial charge in [0, 0.05) is 23.1 Å². The normalized spacial score (nSPS) is 24.3. The Labute approximate surface area is 142 Å². The first-order valence-electron chi connectivity index (χ1n) is 7.87. The molecule has 2 rings (SSSR count). The van der Waals surface area contributed by atoms with Crippen LogP contribution in [-0.2, 0) is 0 Å². The second kappa shape index (κ2) is 7.96. The predicted octanol–water partition coefficient (Wildman–Crippen LogP) is 4.87. The van der Waals surface area contributed by atoms with Crippen LogP contribution in [0.2, 0.25) is 5.02 Å². The number of benzene rings is 1. The van der Waals surface area contributed by atoms with Crippen molar-refractivity contribution in [2.24, 2.45) is 5.92 Å². The minimum atomic E-state index is 0.465. The van der Waals surface area contributed by atoms with Gasteiger partial charge >= 0.3 is 0 Å². The second-order valence-corrected chi connectivity index (χ2v) is 7.68. The fraction of sp³-hybridized carbons (Fsp3) is 0.647. The molecule has 0 amide bonds. The summed E-state index contributed by atoms with van der Waals surface area (Å²) in [6.07, 6.45) is 3.90. The molecule has 1 aliphatic rings. The van der Waals surface area contributed by atoms with Gasteiger partial charge in [-0.2, -0.15) is 0 Å². The van der Waals surface area contributed by atoms with Crippen LogP contribution in [0, 0.1) is 5.92 Å². The van der Waals surface area contributed by atoms with Crippen LogP contribution in [0.25, 0.3) is 0 Å². The molecule has 0 radical (unpaired) electrons. The van der Waals surface area contributed by atoms with E-state index in [1.165, 1.54) is 31.4 Å². The summed E-state index contributed by atoms with van der Waals surface area (Å²) in [6.45, 7) is 6.68. The summed E-state index contributed by atoms with van der Waals surface area (Å²) >= 11 is 9.72. The van der Waals surface area contributed by atoms with Crippen molar-refractivity contribution in [2.75, 3.05) is 20.1 Å². The smallest absolute Gasteiger partial charge is 0.0548 e. The molecule has 2 unspecified atom stereocenters. The zero-order valence-corrected chi connectivity index (χ0v) is 15.5. The Morgan fingerprint density at radius 1 is 1.38 bits per heavy atom. The van der Waals surface area contributed by atoms with Crippen molar-refractivity contribution in [3.63, 3.8) is 0 Å². The molecule has 1 heterocycles. The summed E-state index contributed by atoms with van der Waals surface area (Å²) in [5.74, 6) is 0.646. The Morgan fingerprint density at radius 3 is 2.81 bits per heavy atom. The molecule has 0 bridgehead atoms. The molecule has 1 aromatic carbocycles. The molecule has 2 atom stereocenters. The Morgan fingerprint density at radius 2 is 2.14 bits per heavy atom. The van der Waals surface area contributed by atoms with Gasteiger partial charge in [-0.1, -0.05) is 37.9 Å². The fourth-order valence-electron chi connectivity index (χ4n) is 3.25. The van der Waals surface area contributed by atoms with E-state index in [0.29, 0.717) is 18.0 Å². The molecule has 118 valence electrons. The third kappa shape index (κ3) is 4.69. The first-order chi connectivity index (χ1) is 9.99. The second-order valence-electron chi connectivity index (χ2n) is 6.42. The van der Waals surface area contributed by atoms with Crippen molar-refractivity contribution < 1.29 is 0 Å². The van der Waals surface area contributed by atoms with Crippen LogP contribution in [-0.4, -0.2) is 31.1 Å². The monoisotopic (exact) mass is 372 g/mol. The zero-order valence-electron chi connectivity index (χ0n) is 13.2. The van der Waals surface area contributed by atoms with Crippen LogP contribution < -0.4 is 5.32 Å². The van der Waals surface area contributed by atoms with Gasteiger partial charge in [0.1, 0.15) is 0 Å². The van der Waals surface area contributed by atoms with Gasteiger partial charge in [0.05, 0.1) is 5.02 Å². The summed E-state index contributed by atoms with van der Waals surface area (Å²) in [5, 5.41) is 4.41. The molecule has 0 aromatic heterocycles. The number of rotatable bonds is 4. The predicted molar refractivity (Wildman–Crippen MR) is 95.0 cm³/mol. The van der Waals surface area contributed by atoms with E-state index in [-0.39, 0.29) is 0 Å². The van der Waals surface area contributed by atoms with E-state index >= 15 is 0 Å². The van der Waals surface area contributed by atoms with Crippen LogP contribution in [0.5, 0.6) is 0 Å². The number of likely N-dealkylation sites (tertiary alicyclic amines) is 1. The lowest BCUT2D eigenvalue weighted by atomic mass is 9.89. The standard InChI is InChI=1S/C17H26BrClN2/c1-12(2)20-11-14-6-4-5-9-21(3)17(14)13-7-8-16(19)15(18)10-13/h7-8,10,12,14,17,20H,4-6,9,11H2,1-3H3. The van der Waals surface area contributed by atoms with Gasteiger partial charge in [0.15, 0.2) is 0 Å². The van der Waals surface area contributed by atoms with E-state index in [9.17, 15) is 0 Å². The largest absolute Gasteiger partial charge is 0.314 e. The lowest BCUT2D eigenvalue weighted by Gasteiger charge is -2.33. The molecular formula is C17H26BrClN2. The zero-order chi connectivity index (χ0) is 15.4. The van der Waals surface area contributed by atoms with Crippen LogP contribution in [0.4, 0.5) is 0 Å². The molecule has 4 heteroatoms. The topological polar surface area (TPSA) is 15.3 Å². The lowest BCUT2D eigenvalue weighted by molar-refractivity contribution is 0.187. The van der Waals surface area contributed by atoms with Gasteiger partial charge in [0.25, 0.3) is 0 Å². The van der Waals surface area contributed by atoms with Crippen molar-refractivity contribution in [3.8, 4) is 0 Å². The maximum atomic E-state index is 6.15. The summed E-state index contributed by atoms with van der Waals surface area (Å²) in [7, 11) is 2.25. The van der Waals surface area contributed by atoms with Gasteiger partial charge in [-0.15, -0.1) is 0 Å². The molecule has 21 heavy (non-hydrogen) atoms. The minimum absolute atomic E-state index is 0.465. The number of halogens is 2. The molecule has 0 spiro atoms. The molecule has 1 N–H and O–H groups in total. The van der Waals surface area contributed by atoms with Gasteiger partial charge in [0.2, 0.25) is 0 Å². The highest BCUT2D eigenvalue weighted by molar-refractivity contribution is 9.10. The summed E-state index contributed by atoms with van der Waals surface area (Å²) < 4.78 is 0.995. The highest BCUT2D eigenvalue weighted by atomic mass is 79.9. The van der Waals surface area contributed by atoms with Crippen molar-refractivity contribution in [2.45, 2.75) is 45.2 Å². The van der Waals surface area contributed by atoms with Gasteiger partial charge in [-0.05, 0) is 66.0 Å². The molecule has 0 aliphatic carbocycles. The molecule has 0 saturated carbocycles. The van der Waals surface area contributed by atoms with E-state index in [4.69, 9.17) is 11.6 Å². The van der Waals surface area contributed by atoms with Crippen LogP contribution in [0.15, 0.2) is 22.7 Å². The van der Waals surface area contributed by atoms with E-state index in [0.717, 1.165) is 16.0 Å². The van der Waals surface area contributed by atoms with Crippen LogP contribution in [0.1, 0.15) is 44.7 Å². The Balaban J connectivity index is 2.25.